The van der Waals surface area contributed by atoms with Gasteiger partial charge in [-0.1, -0.05) is 48.5 Å². The molecule has 0 saturated carbocycles. The lowest BCUT2D eigenvalue weighted by molar-refractivity contribution is 0.398. The van der Waals surface area contributed by atoms with Gasteiger partial charge in [0.2, 0.25) is 0 Å². The Kier molecular flexibility index (Phi) is 5.60. The summed E-state index contributed by atoms with van der Waals surface area (Å²) in [6.45, 7) is 1.85. The van der Waals surface area contributed by atoms with Crippen LogP contribution in [0.1, 0.15) is 29.9 Å². The van der Waals surface area contributed by atoms with Crippen LogP contribution in [0.2, 0.25) is 0 Å². The summed E-state index contributed by atoms with van der Waals surface area (Å²) in [5.41, 5.74) is 8.64. The predicted molar refractivity (Wildman–Crippen MR) is 142 cm³/mol. The highest BCUT2D eigenvalue weighted by atomic mass is 19.1. The Labute approximate surface area is 215 Å². The maximum atomic E-state index is 14.2. The number of phenolic OH excluding ortho intramolecular Hbond substituents is 1. The maximum absolute atomic E-state index is 14.2. The van der Waals surface area contributed by atoms with Crippen molar-refractivity contribution in [2.75, 3.05) is 5.73 Å². The number of aromatic hydroxyl groups is 1. The van der Waals surface area contributed by atoms with Gasteiger partial charge in [-0.2, -0.15) is 5.10 Å². The van der Waals surface area contributed by atoms with Crippen LogP contribution in [-0.4, -0.2) is 24.9 Å². The molecule has 3 aromatic carbocycles. The molecule has 0 bridgehead atoms. The monoisotopic (exact) mass is 507 g/mol. The van der Waals surface area contributed by atoms with E-state index in [-0.39, 0.29) is 11.6 Å². The summed E-state index contributed by atoms with van der Waals surface area (Å²) in [5, 5.41) is 16.4. The Morgan fingerprint density at radius 1 is 1.03 bits per heavy atom. The summed E-state index contributed by atoms with van der Waals surface area (Å²) in [6, 6.07) is 20.3. The van der Waals surface area contributed by atoms with Crippen LogP contribution in [0, 0.1) is 5.82 Å². The van der Waals surface area contributed by atoms with Crippen molar-refractivity contribution >= 4 is 27.6 Å². The summed E-state index contributed by atoms with van der Waals surface area (Å²) in [6.07, 6.45) is 1.84. The molecule has 3 aromatic heterocycles. The van der Waals surface area contributed by atoms with E-state index in [1.165, 1.54) is 18.5 Å². The third-order valence-corrected chi connectivity index (χ3v) is 6.62. The highest BCUT2D eigenvalue weighted by Crippen LogP contribution is 2.36. The van der Waals surface area contributed by atoms with E-state index in [9.17, 15) is 14.3 Å². The van der Waals surface area contributed by atoms with Crippen molar-refractivity contribution < 1.29 is 13.9 Å². The second kappa shape index (κ2) is 9.11. The van der Waals surface area contributed by atoms with E-state index in [2.05, 4.69) is 9.97 Å². The molecular formula is C29H22FN5O3. The largest absolute Gasteiger partial charge is 0.508 e. The van der Waals surface area contributed by atoms with E-state index in [0.29, 0.717) is 39.9 Å². The Hall–Kier alpha value is -5.05. The van der Waals surface area contributed by atoms with Crippen molar-refractivity contribution in [2.24, 2.45) is 0 Å². The van der Waals surface area contributed by atoms with Gasteiger partial charge in [0.15, 0.2) is 5.65 Å². The highest BCUT2D eigenvalue weighted by Gasteiger charge is 2.26. The number of nitrogen functional groups attached to an aromatic ring is 1. The van der Waals surface area contributed by atoms with Crippen LogP contribution in [0.3, 0.4) is 0 Å². The summed E-state index contributed by atoms with van der Waals surface area (Å²) < 4.78 is 21.7. The first kappa shape index (κ1) is 23.4. The molecule has 0 amide bonds. The molecule has 0 aliphatic rings. The molecule has 0 saturated heterocycles. The average Bonchev–Trinajstić information content (AvgIpc) is 3.31. The van der Waals surface area contributed by atoms with Gasteiger partial charge in [-0.15, -0.1) is 0 Å². The van der Waals surface area contributed by atoms with Gasteiger partial charge in [0.05, 0.1) is 10.8 Å². The van der Waals surface area contributed by atoms with Gasteiger partial charge in [-0.25, -0.2) is 23.8 Å². The molecule has 6 aromatic rings. The Bertz CT molecular complexity index is 1860. The number of nitrogens with zero attached hydrogens (tertiary/aromatic N) is 4. The van der Waals surface area contributed by atoms with Gasteiger partial charge in [0.25, 0.3) is 0 Å². The molecule has 3 heterocycles. The number of nitrogens with two attached hydrogens (primary N) is 1. The summed E-state index contributed by atoms with van der Waals surface area (Å²) >= 11 is 0. The fourth-order valence-corrected chi connectivity index (χ4v) is 4.88. The minimum atomic E-state index is -0.628. The average molecular weight is 508 g/mol. The number of halogens is 1. The van der Waals surface area contributed by atoms with E-state index < -0.39 is 17.5 Å². The molecule has 9 heteroatoms. The number of hydrogen-bond acceptors (Lipinski definition) is 7. The molecule has 0 fully saturated rings. The van der Waals surface area contributed by atoms with Gasteiger partial charge >= 0.3 is 5.63 Å². The van der Waals surface area contributed by atoms with E-state index >= 15 is 0 Å². The van der Waals surface area contributed by atoms with Gasteiger partial charge in [0.1, 0.15) is 41.2 Å². The topological polar surface area (TPSA) is 120 Å². The van der Waals surface area contributed by atoms with E-state index in [0.717, 1.165) is 22.6 Å². The van der Waals surface area contributed by atoms with Crippen LogP contribution < -0.4 is 11.4 Å². The third-order valence-electron chi connectivity index (χ3n) is 6.62. The number of phenols is 1. The fourth-order valence-electron chi connectivity index (χ4n) is 4.88. The molecule has 188 valence electrons. The first-order valence-electron chi connectivity index (χ1n) is 12.0. The van der Waals surface area contributed by atoms with Gasteiger partial charge in [0, 0.05) is 23.6 Å². The van der Waals surface area contributed by atoms with Crippen LogP contribution in [0.25, 0.3) is 33.1 Å². The highest BCUT2D eigenvalue weighted by molar-refractivity contribution is 5.98. The molecule has 3 N–H and O–H groups in total. The second-order valence-electron chi connectivity index (χ2n) is 9.07. The van der Waals surface area contributed by atoms with Crippen molar-refractivity contribution in [1.82, 2.24) is 19.7 Å². The first-order valence-corrected chi connectivity index (χ1v) is 12.0. The van der Waals surface area contributed by atoms with E-state index in [4.69, 9.17) is 15.2 Å². The van der Waals surface area contributed by atoms with Crippen molar-refractivity contribution in [3.8, 4) is 17.0 Å². The minimum Gasteiger partial charge on any atom is -0.508 e. The van der Waals surface area contributed by atoms with Crippen molar-refractivity contribution in [3.63, 3.8) is 0 Å². The number of anilines is 1. The summed E-state index contributed by atoms with van der Waals surface area (Å²) in [7, 11) is 0. The zero-order valence-electron chi connectivity index (χ0n) is 20.3. The Morgan fingerprint density at radius 3 is 2.53 bits per heavy atom. The molecule has 8 nitrogen and oxygen atoms in total. The van der Waals surface area contributed by atoms with Gasteiger partial charge < -0.3 is 15.3 Å². The molecule has 0 spiro atoms. The number of hydrogen-bond donors (Lipinski definition) is 2. The molecule has 0 aliphatic carbocycles. The van der Waals surface area contributed by atoms with Crippen LogP contribution in [-0.2, 0) is 6.42 Å². The number of rotatable bonds is 5. The molecule has 38 heavy (non-hydrogen) atoms. The smallest absolute Gasteiger partial charge is 0.343 e. The van der Waals surface area contributed by atoms with Gasteiger partial charge in [-0.3, -0.25) is 0 Å². The normalized spacial score (nSPS) is 12.3. The van der Waals surface area contributed by atoms with Gasteiger partial charge in [-0.05, 0) is 36.1 Å². The molecule has 0 aliphatic heterocycles. The zero-order chi connectivity index (χ0) is 26.4. The third kappa shape index (κ3) is 3.94. The Balaban J connectivity index is 1.60. The van der Waals surface area contributed by atoms with Crippen LogP contribution >= 0.6 is 0 Å². The maximum Gasteiger partial charge on any atom is 0.343 e. The number of fused-ring (bicyclic) bond motifs is 2. The number of benzene rings is 3. The molecule has 1 unspecified atom stereocenters. The predicted octanol–water partition coefficient (Wildman–Crippen LogP) is 5.23. The molecule has 6 rings (SSSR count). The zero-order valence-corrected chi connectivity index (χ0v) is 20.3. The minimum absolute atomic E-state index is 0.150. The van der Waals surface area contributed by atoms with Crippen molar-refractivity contribution in [1.29, 1.82) is 0 Å². The van der Waals surface area contributed by atoms with E-state index in [1.54, 1.807) is 16.8 Å². The molecule has 0 radical (unpaired) electrons. The number of aromatic nitrogens is 4. The fraction of sp³-hybridized carbons (Fsp3) is 0.103. The lowest BCUT2D eigenvalue weighted by Gasteiger charge is -2.18. The van der Waals surface area contributed by atoms with Crippen molar-refractivity contribution in [3.05, 3.63) is 112 Å². The second-order valence-corrected chi connectivity index (χ2v) is 9.07. The summed E-state index contributed by atoms with van der Waals surface area (Å²) in [5.74, 6) is -0.307. The first-order chi connectivity index (χ1) is 18.4. The van der Waals surface area contributed by atoms with Crippen LogP contribution in [0.5, 0.6) is 5.75 Å². The SMILES string of the molecule is CC(c1oc(=O)c2ccccc2c1Cc1ccccc1)n1nc(-c2cc(O)cc(F)c2)c2c(N)ncnc21. The van der Waals surface area contributed by atoms with Crippen LogP contribution in [0.15, 0.2) is 88.3 Å². The van der Waals surface area contributed by atoms with E-state index in [1.807, 2.05) is 49.4 Å². The molecule has 1 atom stereocenters. The lowest BCUT2D eigenvalue weighted by Crippen LogP contribution is -2.16. The van der Waals surface area contributed by atoms with Crippen LogP contribution in [0.4, 0.5) is 10.2 Å². The lowest BCUT2D eigenvalue weighted by atomic mass is 9.96. The Morgan fingerprint density at radius 2 is 1.76 bits per heavy atom. The van der Waals surface area contributed by atoms with Crippen molar-refractivity contribution in [2.45, 2.75) is 19.4 Å². The quantitative estimate of drug-likeness (QED) is 0.328. The molecular weight excluding hydrogens is 485 g/mol. The standard InChI is InChI=1S/C29H22FN5O3/c1-16(26-23(11-17-7-3-2-4-8-17)21-9-5-6-10-22(21)29(37)38-26)35-28-24(27(31)32-15-33-28)25(34-35)18-12-19(30)14-20(36)13-18/h2-10,12-16,36H,11H2,1H3,(H2,31,32,33). The summed E-state index contributed by atoms with van der Waals surface area (Å²) in [4.78, 5) is 21.6.